The smallest absolute Gasteiger partial charge is 0.342 e. The first kappa shape index (κ1) is 22.4. The minimum atomic E-state index is -4.01. The molecular weight excluding hydrogens is 396 g/mol. The van der Waals surface area contributed by atoms with Gasteiger partial charge in [-0.2, -0.15) is 0 Å². The summed E-state index contributed by atoms with van der Waals surface area (Å²) in [7, 11) is -2.69. The van der Waals surface area contributed by atoms with E-state index in [0.29, 0.717) is 6.42 Å². The van der Waals surface area contributed by atoms with Crippen molar-refractivity contribution in [2.24, 2.45) is 5.14 Å². The van der Waals surface area contributed by atoms with E-state index in [1.165, 1.54) is 19.2 Å². The lowest BCUT2D eigenvalue weighted by molar-refractivity contribution is -0.125. The molecule has 0 aliphatic heterocycles. The van der Waals surface area contributed by atoms with Crippen LogP contribution >= 0.6 is 0 Å². The van der Waals surface area contributed by atoms with Crippen LogP contribution in [0.15, 0.2) is 47.4 Å². The summed E-state index contributed by atoms with van der Waals surface area (Å²) in [4.78, 5) is 24.3. The van der Waals surface area contributed by atoms with Crippen LogP contribution < -0.4 is 15.2 Å². The standard InChI is InChI=1S/C20H24N2O6S/c1-4-17(14-7-5-13(2)6-8-14)22-19(23)12-28-20(24)16-11-15(29(21,25)26)9-10-18(16)27-3/h5-11,17H,4,12H2,1-3H3,(H,22,23)(H2,21,25,26)/t17-/m1/s1. The summed E-state index contributed by atoms with van der Waals surface area (Å²) < 4.78 is 33.1. The van der Waals surface area contributed by atoms with E-state index in [-0.39, 0.29) is 22.3 Å². The summed E-state index contributed by atoms with van der Waals surface area (Å²) in [6, 6.07) is 11.1. The maximum atomic E-state index is 12.4. The predicted octanol–water partition coefficient (Wildman–Crippen LogP) is 2.08. The second-order valence-corrected chi connectivity index (χ2v) is 7.98. The van der Waals surface area contributed by atoms with E-state index in [1.54, 1.807) is 0 Å². The van der Waals surface area contributed by atoms with E-state index in [1.807, 2.05) is 38.1 Å². The molecule has 2 aromatic rings. The number of carbonyl (C=O) groups excluding carboxylic acids is 2. The highest BCUT2D eigenvalue weighted by molar-refractivity contribution is 7.89. The van der Waals surface area contributed by atoms with Crippen LogP contribution in [0.1, 0.15) is 40.9 Å². The lowest BCUT2D eigenvalue weighted by atomic mass is 10.0. The van der Waals surface area contributed by atoms with Gasteiger partial charge in [-0.05, 0) is 37.1 Å². The highest BCUT2D eigenvalue weighted by Crippen LogP contribution is 2.23. The van der Waals surface area contributed by atoms with Crippen molar-refractivity contribution in [3.63, 3.8) is 0 Å². The lowest BCUT2D eigenvalue weighted by Gasteiger charge is -2.18. The Hall–Kier alpha value is -2.91. The van der Waals surface area contributed by atoms with Crippen molar-refractivity contribution in [3.8, 4) is 5.75 Å². The third kappa shape index (κ3) is 6.03. The van der Waals surface area contributed by atoms with Crippen molar-refractivity contribution < 1.29 is 27.5 Å². The average Bonchev–Trinajstić information content (AvgIpc) is 2.69. The van der Waals surface area contributed by atoms with E-state index in [0.717, 1.165) is 17.2 Å². The molecule has 2 rings (SSSR count). The molecule has 0 aliphatic rings. The average molecular weight is 420 g/mol. The Morgan fingerprint density at radius 3 is 2.34 bits per heavy atom. The number of nitrogens with two attached hydrogens (primary N) is 1. The number of nitrogens with one attached hydrogen (secondary N) is 1. The minimum absolute atomic E-state index is 0.105. The molecule has 0 aromatic heterocycles. The Balaban J connectivity index is 2.06. The molecular formula is C20H24N2O6S. The molecule has 0 unspecified atom stereocenters. The van der Waals surface area contributed by atoms with Crippen molar-refractivity contribution in [2.75, 3.05) is 13.7 Å². The lowest BCUT2D eigenvalue weighted by Crippen LogP contribution is -2.32. The molecule has 8 nitrogen and oxygen atoms in total. The summed E-state index contributed by atoms with van der Waals surface area (Å²) >= 11 is 0. The fourth-order valence-corrected chi connectivity index (χ4v) is 3.23. The summed E-state index contributed by atoms with van der Waals surface area (Å²) in [6.45, 7) is 3.38. The summed E-state index contributed by atoms with van der Waals surface area (Å²) in [6.07, 6.45) is 0.660. The van der Waals surface area contributed by atoms with Gasteiger partial charge in [0.25, 0.3) is 5.91 Å². The van der Waals surface area contributed by atoms with Gasteiger partial charge in [0.05, 0.1) is 18.0 Å². The molecule has 0 spiro atoms. The van der Waals surface area contributed by atoms with Crippen LogP contribution in [-0.2, 0) is 19.6 Å². The molecule has 1 amide bonds. The quantitative estimate of drug-likeness (QED) is 0.630. The zero-order valence-corrected chi connectivity index (χ0v) is 17.3. The van der Waals surface area contributed by atoms with Crippen LogP contribution in [0.25, 0.3) is 0 Å². The molecule has 0 aliphatic carbocycles. The van der Waals surface area contributed by atoms with Crippen LogP contribution in [0.4, 0.5) is 0 Å². The Bertz CT molecular complexity index is 987. The largest absolute Gasteiger partial charge is 0.496 e. The van der Waals surface area contributed by atoms with Gasteiger partial charge < -0.3 is 14.8 Å². The van der Waals surface area contributed by atoms with E-state index in [2.05, 4.69) is 5.32 Å². The summed E-state index contributed by atoms with van der Waals surface area (Å²) in [5.74, 6) is -1.27. The number of rotatable bonds is 8. The van der Waals surface area contributed by atoms with Gasteiger partial charge in [0.1, 0.15) is 11.3 Å². The van der Waals surface area contributed by atoms with Crippen molar-refractivity contribution in [2.45, 2.75) is 31.2 Å². The molecule has 0 saturated carbocycles. The fourth-order valence-electron chi connectivity index (χ4n) is 2.69. The third-order valence-electron chi connectivity index (χ3n) is 4.28. The van der Waals surface area contributed by atoms with Crippen LogP contribution in [0.5, 0.6) is 5.75 Å². The number of aryl methyl sites for hydroxylation is 1. The Labute approximate surface area is 170 Å². The van der Waals surface area contributed by atoms with Crippen LogP contribution in [-0.4, -0.2) is 34.0 Å². The van der Waals surface area contributed by atoms with Crippen molar-refractivity contribution in [3.05, 3.63) is 59.2 Å². The van der Waals surface area contributed by atoms with Crippen LogP contribution in [0.2, 0.25) is 0 Å². The van der Waals surface area contributed by atoms with Gasteiger partial charge >= 0.3 is 5.97 Å². The van der Waals surface area contributed by atoms with Crippen LogP contribution in [0.3, 0.4) is 0 Å². The fraction of sp³-hybridized carbons (Fsp3) is 0.300. The van der Waals surface area contributed by atoms with E-state index < -0.39 is 28.5 Å². The first-order valence-electron chi connectivity index (χ1n) is 8.89. The maximum Gasteiger partial charge on any atom is 0.342 e. The normalized spacial score (nSPS) is 12.1. The van der Waals surface area contributed by atoms with Gasteiger partial charge in [-0.15, -0.1) is 0 Å². The van der Waals surface area contributed by atoms with Crippen molar-refractivity contribution in [1.29, 1.82) is 0 Å². The first-order chi connectivity index (χ1) is 13.7. The van der Waals surface area contributed by atoms with Crippen molar-refractivity contribution >= 4 is 21.9 Å². The summed E-state index contributed by atoms with van der Waals surface area (Å²) in [5.41, 5.74) is 1.91. The zero-order valence-electron chi connectivity index (χ0n) is 16.5. The number of amides is 1. The number of hydrogen-bond acceptors (Lipinski definition) is 6. The first-order valence-corrected chi connectivity index (χ1v) is 10.4. The van der Waals surface area contributed by atoms with E-state index >= 15 is 0 Å². The summed E-state index contributed by atoms with van der Waals surface area (Å²) in [5, 5.41) is 7.90. The van der Waals surface area contributed by atoms with Gasteiger partial charge in [0.15, 0.2) is 6.61 Å². The Morgan fingerprint density at radius 2 is 1.79 bits per heavy atom. The van der Waals surface area contributed by atoms with Gasteiger partial charge in [0.2, 0.25) is 10.0 Å². The molecule has 0 bridgehead atoms. The number of hydrogen-bond donors (Lipinski definition) is 2. The Kier molecular flexibility index (Phi) is 7.35. The van der Waals surface area contributed by atoms with E-state index in [9.17, 15) is 18.0 Å². The monoisotopic (exact) mass is 420 g/mol. The second kappa shape index (κ2) is 9.53. The number of benzene rings is 2. The molecule has 2 aromatic carbocycles. The topological polar surface area (TPSA) is 125 Å². The number of methoxy groups -OCH3 is 1. The molecule has 0 radical (unpaired) electrons. The third-order valence-corrected chi connectivity index (χ3v) is 5.19. The highest BCUT2D eigenvalue weighted by atomic mass is 32.2. The molecule has 9 heteroatoms. The Morgan fingerprint density at radius 1 is 1.14 bits per heavy atom. The number of ether oxygens (including phenoxy) is 2. The van der Waals surface area contributed by atoms with Gasteiger partial charge in [-0.25, -0.2) is 18.4 Å². The number of sulfonamides is 1. The molecule has 3 N–H and O–H groups in total. The molecule has 1 atom stereocenters. The molecule has 0 fully saturated rings. The highest BCUT2D eigenvalue weighted by Gasteiger charge is 2.20. The SMILES string of the molecule is CC[C@@H](NC(=O)COC(=O)c1cc(S(N)(=O)=O)ccc1OC)c1ccc(C)cc1. The van der Waals surface area contributed by atoms with Gasteiger partial charge in [0, 0.05) is 0 Å². The number of esters is 1. The van der Waals surface area contributed by atoms with E-state index in [4.69, 9.17) is 14.6 Å². The number of primary sulfonamides is 1. The predicted molar refractivity (Wildman–Crippen MR) is 107 cm³/mol. The minimum Gasteiger partial charge on any atom is -0.496 e. The van der Waals surface area contributed by atoms with Gasteiger partial charge in [-0.1, -0.05) is 36.8 Å². The van der Waals surface area contributed by atoms with Crippen LogP contribution in [0, 0.1) is 6.92 Å². The van der Waals surface area contributed by atoms with Crippen molar-refractivity contribution in [1.82, 2.24) is 5.32 Å². The molecule has 156 valence electrons. The number of carbonyl (C=O) groups is 2. The maximum absolute atomic E-state index is 12.4. The van der Waals surface area contributed by atoms with Gasteiger partial charge in [-0.3, -0.25) is 4.79 Å². The molecule has 29 heavy (non-hydrogen) atoms. The molecule has 0 saturated heterocycles. The second-order valence-electron chi connectivity index (χ2n) is 6.42. The molecule has 0 heterocycles. The zero-order chi connectivity index (χ0) is 21.6.